The average molecular weight is 485 g/mol. The fourth-order valence-corrected chi connectivity index (χ4v) is 5.74. The molecule has 10 nitrogen and oxygen atoms in total. The summed E-state index contributed by atoms with van der Waals surface area (Å²) in [6.45, 7) is 6.64. The van der Waals surface area contributed by atoms with Crippen molar-refractivity contribution in [1.82, 2.24) is 10.6 Å². The second-order valence-corrected chi connectivity index (χ2v) is 10.8. The summed E-state index contributed by atoms with van der Waals surface area (Å²) in [6.07, 6.45) is 0.0934. The lowest BCUT2D eigenvalue weighted by atomic mass is 9.86. The number of aliphatic hydroxyl groups is 2. The lowest BCUT2D eigenvalue weighted by Gasteiger charge is -2.45. The number of amides is 1. The predicted molar refractivity (Wildman–Crippen MR) is 117 cm³/mol. The predicted octanol–water partition coefficient (Wildman–Crippen LogP) is 0.583. The molecule has 0 spiro atoms. The Morgan fingerprint density at radius 2 is 2.00 bits per heavy atom. The van der Waals surface area contributed by atoms with Crippen LogP contribution >= 0.6 is 19.6 Å². The molecule has 2 rings (SSSR count). The lowest BCUT2D eigenvalue weighted by molar-refractivity contribution is -0.204. The molecule has 2 aliphatic rings. The number of carbonyl (C=O) groups excluding carboxylic acids is 1. The molecule has 3 unspecified atom stereocenters. The van der Waals surface area contributed by atoms with Crippen molar-refractivity contribution in [2.45, 2.75) is 88.4 Å². The third-order valence-corrected chi connectivity index (χ3v) is 7.34. The molecule has 0 radical (unpaired) electrons. The van der Waals surface area contributed by atoms with E-state index in [2.05, 4.69) is 22.1 Å². The normalized spacial score (nSPS) is 35.7. The molecule has 2 heterocycles. The number of thioether (sulfide) groups is 1. The summed E-state index contributed by atoms with van der Waals surface area (Å²) < 4.78 is 21.9. The molecule has 0 saturated carbocycles. The molecule has 2 aliphatic heterocycles. The summed E-state index contributed by atoms with van der Waals surface area (Å²) in [6, 6.07) is -0.949. The van der Waals surface area contributed by atoms with Crippen molar-refractivity contribution < 1.29 is 38.6 Å². The van der Waals surface area contributed by atoms with E-state index < -0.39 is 43.7 Å². The highest BCUT2D eigenvalue weighted by Crippen LogP contribution is 2.43. The number of hydrogen-bond donors (Lipinski definition) is 6. The van der Waals surface area contributed by atoms with E-state index in [9.17, 15) is 19.6 Å². The van der Waals surface area contributed by atoms with Gasteiger partial charge in [-0.2, -0.15) is 0 Å². The van der Waals surface area contributed by atoms with Crippen molar-refractivity contribution in [3.05, 3.63) is 0 Å². The number of rotatable bonds is 9. The van der Waals surface area contributed by atoms with E-state index in [0.29, 0.717) is 5.92 Å². The van der Waals surface area contributed by atoms with E-state index in [0.717, 1.165) is 44.0 Å². The Morgan fingerprint density at radius 3 is 2.55 bits per heavy atom. The third-order valence-electron chi connectivity index (χ3n) is 5.98. The maximum absolute atomic E-state index is 13.0. The molecule has 12 heteroatoms. The third kappa shape index (κ3) is 7.38. The van der Waals surface area contributed by atoms with Crippen molar-refractivity contribution in [3.8, 4) is 0 Å². The molecule has 0 aromatic heterocycles. The van der Waals surface area contributed by atoms with Crippen LogP contribution < -0.4 is 10.6 Å². The smallest absolute Gasteiger partial charge is 0.388 e. The van der Waals surface area contributed by atoms with Crippen molar-refractivity contribution in [1.29, 1.82) is 0 Å². The Kier molecular flexibility index (Phi) is 10.3. The summed E-state index contributed by atoms with van der Waals surface area (Å²) in [5, 5.41) is 27.5. The van der Waals surface area contributed by atoms with E-state index in [1.165, 1.54) is 0 Å². The van der Waals surface area contributed by atoms with Gasteiger partial charge in [0.2, 0.25) is 5.91 Å². The van der Waals surface area contributed by atoms with Gasteiger partial charge in [0.25, 0.3) is 0 Å². The van der Waals surface area contributed by atoms with Gasteiger partial charge in [0.1, 0.15) is 29.9 Å². The minimum Gasteiger partial charge on any atom is -0.388 e. The molecule has 1 amide bonds. The zero-order valence-corrected chi connectivity index (χ0v) is 20.2. The van der Waals surface area contributed by atoms with Gasteiger partial charge in [0.05, 0.1) is 12.1 Å². The van der Waals surface area contributed by atoms with Crippen LogP contribution in [0.3, 0.4) is 0 Å². The van der Waals surface area contributed by atoms with Crippen molar-refractivity contribution >= 4 is 25.5 Å². The highest BCUT2D eigenvalue weighted by molar-refractivity contribution is 7.99. The van der Waals surface area contributed by atoms with Crippen LogP contribution in [0.4, 0.5) is 0 Å². The summed E-state index contributed by atoms with van der Waals surface area (Å²) in [7, 11) is -4.91. The Labute approximate surface area is 188 Å². The molecule has 6 N–H and O–H groups in total. The Balaban J connectivity index is 2.13. The minimum atomic E-state index is -4.91. The van der Waals surface area contributed by atoms with Gasteiger partial charge in [-0.15, -0.1) is 11.8 Å². The van der Waals surface area contributed by atoms with E-state index in [4.69, 9.17) is 14.5 Å². The number of piperidine rings is 1. The molecule has 0 bridgehead atoms. The standard InChI is InChI=1S/C19H37N2O8PS/c1-5-6-11-7-8-20-12(9-11)18(24)21-13(10(2)3)16-14(22)15(23)17(19(28-16)31-4)29-30(25,26)27/h10-17,19-20,22-23H,5-9H2,1-4H3,(H,21,24)(H2,25,26,27)/t11?,12?,13?,14-,15+,16-,17-,19-/m1/s1. The average Bonchev–Trinajstić information content (AvgIpc) is 2.69. The fourth-order valence-electron chi connectivity index (χ4n) is 4.38. The van der Waals surface area contributed by atoms with Gasteiger partial charge in [0, 0.05) is 0 Å². The van der Waals surface area contributed by atoms with E-state index in [1.807, 2.05) is 13.8 Å². The maximum Gasteiger partial charge on any atom is 0.470 e. The molecule has 0 aromatic rings. The number of nitrogens with one attached hydrogen (secondary N) is 2. The van der Waals surface area contributed by atoms with Gasteiger partial charge >= 0.3 is 7.82 Å². The number of ether oxygens (including phenoxy) is 1. The lowest BCUT2D eigenvalue weighted by Crippen LogP contribution is -2.65. The van der Waals surface area contributed by atoms with Crippen LogP contribution in [0.25, 0.3) is 0 Å². The van der Waals surface area contributed by atoms with Crippen LogP contribution in [0.1, 0.15) is 46.5 Å². The van der Waals surface area contributed by atoms with Gasteiger partial charge in [-0.25, -0.2) is 4.57 Å². The maximum atomic E-state index is 13.0. The number of phosphoric acid groups is 1. The highest BCUT2D eigenvalue weighted by Gasteiger charge is 2.50. The summed E-state index contributed by atoms with van der Waals surface area (Å²) in [4.78, 5) is 31.3. The van der Waals surface area contributed by atoms with Gasteiger partial charge in [-0.1, -0.05) is 33.6 Å². The first-order valence-corrected chi connectivity index (χ1v) is 13.6. The summed E-state index contributed by atoms with van der Waals surface area (Å²) in [5.74, 6) is 0.177. The molecule has 2 fully saturated rings. The van der Waals surface area contributed by atoms with E-state index >= 15 is 0 Å². The largest absolute Gasteiger partial charge is 0.470 e. The van der Waals surface area contributed by atoms with Crippen molar-refractivity contribution in [2.24, 2.45) is 11.8 Å². The summed E-state index contributed by atoms with van der Waals surface area (Å²) >= 11 is 1.10. The quantitative estimate of drug-likeness (QED) is 0.256. The summed E-state index contributed by atoms with van der Waals surface area (Å²) in [5.41, 5.74) is -0.934. The second kappa shape index (κ2) is 11.8. The number of hydrogen-bond acceptors (Lipinski definition) is 8. The monoisotopic (exact) mass is 484 g/mol. The fraction of sp³-hybridized carbons (Fsp3) is 0.947. The number of aliphatic hydroxyl groups excluding tert-OH is 2. The number of carbonyl (C=O) groups is 1. The first-order valence-electron chi connectivity index (χ1n) is 10.8. The molecule has 31 heavy (non-hydrogen) atoms. The van der Waals surface area contributed by atoms with Gasteiger partial charge in [-0.3, -0.25) is 9.32 Å². The topological polar surface area (TPSA) is 158 Å². The second-order valence-electron chi connectivity index (χ2n) is 8.71. The van der Waals surface area contributed by atoms with Crippen LogP contribution in [0.15, 0.2) is 0 Å². The van der Waals surface area contributed by atoms with Gasteiger partial charge in [-0.05, 0) is 37.5 Å². The van der Waals surface area contributed by atoms with Crippen LogP contribution in [0.2, 0.25) is 0 Å². The van der Waals surface area contributed by atoms with Gasteiger partial charge in [0.15, 0.2) is 0 Å². The Morgan fingerprint density at radius 1 is 1.32 bits per heavy atom. The Bertz CT molecular complexity index is 632. The van der Waals surface area contributed by atoms with E-state index in [-0.39, 0.29) is 17.9 Å². The van der Waals surface area contributed by atoms with Gasteiger partial charge < -0.3 is 35.4 Å². The zero-order chi connectivity index (χ0) is 23.3. The number of phosphoric ester groups is 1. The first kappa shape index (κ1) is 27.0. The minimum absolute atomic E-state index is 0.132. The van der Waals surface area contributed by atoms with Crippen molar-refractivity contribution in [2.75, 3.05) is 12.8 Å². The molecule has 8 atom stereocenters. The SMILES string of the molecule is CCCC1CCNC(C(=O)NC(C(C)C)[C@H]2O[C@H](SC)[C@H](OP(=O)(O)O)[C@@H](O)[C@H]2O)C1. The zero-order valence-electron chi connectivity index (χ0n) is 18.5. The molecular formula is C19H37N2O8PS. The molecule has 0 aromatic carbocycles. The first-order chi connectivity index (χ1) is 14.5. The van der Waals surface area contributed by atoms with E-state index in [1.54, 1.807) is 6.26 Å². The van der Waals surface area contributed by atoms with Crippen LogP contribution in [-0.4, -0.2) is 80.6 Å². The van der Waals surface area contributed by atoms with Crippen LogP contribution in [0, 0.1) is 11.8 Å². The molecule has 0 aliphatic carbocycles. The molecular weight excluding hydrogens is 447 g/mol. The molecule has 2 saturated heterocycles. The molecule has 182 valence electrons. The van der Waals surface area contributed by atoms with Crippen LogP contribution in [0.5, 0.6) is 0 Å². The highest BCUT2D eigenvalue weighted by atomic mass is 32.2. The van der Waals surface area contributed by atoms with Crippen LogP contribution in [-0.2, 0) is 18.6 Å². The Hall–Kier alpha value is -0.230. The van der Waals surface area contributed by atoms with Crippen molar-refractivity contribution in [3.63, 3.8) is 0 Å².